The highest BCUT2D eigenvalue weighted by Gasteiger charge is 2.10. The van der Waals surface area contributed by atoms with Crippen LogP contribution in [0, 0.1) is 0 Å². The number of rotatable bonds is 4. The molecule has 2 aromatic heterocycles. The van der Waals surface area contributed by atoms with E-state index in [4.69, 9.17) is 0 Å². The second kappa shape index (κ2) is 5.85. The Labute approximate surface area is 131 Å². The molecule has 0 fully saturated rings. The van der Waals surface area contributed by atoms with Gasteiger partial charge in [-0.2, -0.15) is 0 Å². The Morgan fingerprint density at radius 2 is 1.95 bits per heavy atom. The molecule has 3 rings (SSSR count). The number of hydrogen-bond acceptors (Lipinski definition) is 2. The molecule has 20 heavy (non-hydrogen) atoms. The van der Waals surface area contributed by atoms with Crippen molar-refractivity contribution in [2.75, 3.05) is 5.32 Å². The number of halogens is 1. The van der Waals surface area contributed by atoms with E-state index in [1.165, 1.54) is 9.35 Å². The number of hydrogen-bond donors (Lipinski definition) is 1. The Balaban J connectivity index is 1.81. The minimum Gasteiger partial charge on any atom is -0.378 e. The molecule has 102 valence electrons. The van der Waals surface area contributed by atoms with Gasteiger partial charge in [0, 0.05) is 33.1 Å². The molecule has 1 unspecified atom stereocenters. The fourth-order valence-corrected chi connectivity index (χ4v) is 3.92. The van der Waals surface area contributed by atoms with E-state index in [1.807, 2.05) is 12.1 Å². The van der Waals surface area contributed by atoms with Gasteiger partial charge in [-0.15, -0.1) is 11.3 Å². The molecule has 0 amide bonds. The predicted molar refractivity (Wildman–Crippen MR) is 89.8 cm³/mol. The third kappa shape index (κ3) is 2.81. The Hall–Kier alpha value is -1.52. The highest BCUT2D eigenvalue weighted by atomic mass is 79.9. The lowest BCUT2D eigenvalue weighted by molar-refractivity contribution is 0.902. The van der Waals surface area contributed by atoms with Gasteiger partial charge < -0.3 is 9.88 Å². The van der Waals surface area contributed by atoms with Gasteiger partial charge >= 0.3 is 0 Å². The van der Waals surface area contributed by atoms with E-state index in [2.05, 4.69) is 80.8 Å². The zero-order chi connectivity index (χ0) is 13.9. The predicted octanol–water partition coefficient (Wildman–Crippen LogP) is 5.47. The summed E-state index contributed by atoms with van der Waals surface area (Å²) in [5, 5.41) is 5.66. The Morgan fingerprint density at radius 1 is 1.15 bits per heavy atom. The SMILES string of the molecule is CC(Nc1cccc(-n2cccc2)c1)c1sccc1Br. The third-order valence-corrected chi connectivity index (χ3v) is 5.22. The molecule has 1 aromatic carbocycles. The van der Waals surface area contributed by atoms with Crippen LogP contribution in [0.4, 0.5) is 5.69 Å². The van der Waals surface area contributed by atoms with Crippen molar-refractivity contribution in [2.24, 2.45) is 0 Å². The van der Waals surface area contributed by atoms with Crippen LogP contribution < -0.4 is 5.32 Å². The van der Waals surface area contributed by atoms with Crippen LogP contribution in [-0.4, -0.2) is 4.57 Å². The van der Waals surface area contributed by atoms with Crippen molar-refractivity contribution in [1.29, 1.82) is 0 Å². The quantitative estimate of drug-likeness (QED) is 0.662. The molecular formula is C16H15BrN2S. The number of anilines is 1. The van der Waals surface area contributed by atoms with Gasteiger partial charge in [-0.1, -0.05) is 6.07 Å². The summed E-state index contributed by atoms with van der Waals surface area (Å²) >= 11 is 5.36. The summed E-state index contributed by atoms with van der Waals surface area (Å²) in [6.07, 6.45) is 4.11. The van der Waals surface area contributed by atoms with E-state index in [1.54, 1.807) is 11.3 Å². The van der Waals surface area contributed by atoms with Gasteiger partial charge in [0.15, 0.2) is 0 Å². The van der Waals surface area contributed by atoms with Gasteiger partial charge in [0.05, 0.1) is 6.04 Å². The lowest BCUT2D eigenvalue weighted by Gasteiger charge is -2.15. The number of nitrogens with one attached hydrogen (secondary N) is 1. The van der Waals surface area contributed by atoms with Crippen LogP contribution in [0.1, 0.15) is 17.8 Å². The second-order valence-electron chi connectivity index (χ2n) is 4.64. The highest BCUT2D eigenvalue weighted by molar-refractivity contribution is 9.10. The Kier molecular flexibility index (Phi) is 3.94. The van der Waals surface area contributed by atoms with Crippen LogP contribution in [0.5, 0.6) is 0 Å². The smallest absolute Gasteiger partial charge is 0.0589 e. The van der Waals surface area contributed by atoms with E-state index in [9.17, 15) is 0 Å². The summed E-state index contributed by atoms with van der Waals surface area (Å²) in [4.78, 5) is 1.32. The lowest BCUT2D eigenvalue weighted by atomic mass is 10.2. The minimum atomic E-state index is 0.282. The maximum absolute atomic E-state index is 3.59. The second-order valence-corrected chi connectivity index (χ2v) is 6.44. The molecule has 1 N–H and O–H groups in total. The van der Waals surface area contributed by atoms with Gasteiger partial charge in [0.2, 0.25) is 0 Å². The van der Waals surface area contributed by atoms with Crippen LogP contribution in [0.25, 0.3) is 5.69 Å². The maximum atomic E-state index is 3.59. The molecule has 4 heteroatoms. The van der Waals surface area contributed by atoms with Gasteiger partial charge in [-0.05, 0) is 64.6 Å². The Morgan fingerprint density at radius 3 is 2.65 bits per heavy atom. The number of thiophene rings is 1. The molecule has 0 saturated heterocycles. The molecule has 0 spiro atoms. The van der Waals surface area contributed by atoms with Crippen LogP contribution in [-0.2, 0) is 0 Å². The fourth-order valence-electron chi connectivity index (χ4n) is 2.19. The summed E-state index contributed by atoms with van der Waals surface area (Å²) < 4.78 is 3.28. The fraction of sp³-hybridized carbons (Fsp3) is 0.125. The summed E-state index contributed by atoms with van der Waals surface area (Å²) in [5.41, 5.74) is 2.29. The van der Waals surface area contributed by atoms with Crippen molar-refractivity contribution >= 4 is 33.0 Å². The van der Waals surface area contributed by atoms with Crippen LogP contribution >= 0.6 is 27.3 Å². The first kappa shape index (κ1) is 13.5. The van der Waals surface area contributed by atoms with E-state index >= 15 is 0 Å². The summed E-state index contributed by atoms with van der Waals surface area (Å²) in [5.74, 6) is 0. The molecule has 0 aliphatic rings. The average molecular weight is 347 g/mol. The standard InChI is InChI=1S/C16H15BrN2S/c1-12(16-15(17)7-10-20-16)18-13-5-4-6-14(11-13)19-8-2-3-9-19/h2-12,18H,1H3. The number of nitrogens with zero attached hydrogens (tertiary/aromatic N) is 1. The molecule has 0 aliphatic heterocycles. The van der Waals surface area contributed by atoms with Crippen LogP contribution in [0.2, 0.25) is 0 Å². The highest BCUT2D eigenvalue weighted by Crippen LogP contribution is 2.31. The number of benzene rings is 1. The molecule has 2 nitrogen and oxygen atoms in total. The topological polar surface area (TPSA) is 17.0 Å². The lowest BCUT2D eigenvalue weighted by Crippen LogP contribution is -2.05. The molecular weight excluding hydrogens is 332 g/mol. The molecule has 2 heterocycles. The van der Waals surface area contributed by atoms with Gasteiger partial charge in [-0.25, -0.2) is 0 Å². The van der Waals surface area contributed by atoms with Gasteiger partial charge in [0.1, 0.15) is 0 Å². The van der Waals surface area contributed by atoms with E-state index in [0.717, 1.165) is 11.4 Å². The molecule has 3 aromatic rings. The zero-order valence-corrected chi connectivity index (χ0v) is 13.5. The van der Waals surface area contributed by atoms with Crippen molar-refractivity contribution in [1.82, 2.24) is 4.57 Å². The van der Waals surface area contributed by atoms with Crippen molar-refractivity contribution in [3.05, 3.63) is 69.6 Å². The molecule has 0 bridgehead atoms. The normalized spacial score (nSPS) is 12.3. The first-order valence-electron chi connectivity index (χ1n) is 6.47. The number of aromatic nitrogens is 1. The van der Waals surface area contributed by atoms with E-state index in [-0.39, 0.29) is 6.04 Å². The van der Waals surface area contributed by atoms with E-state index in [0.29, 0.717) is 0 Å². The summed E-state index contributed by atoms with van der Waals surface area (Å²) in [6, 6.07) is 14.9. The van der Waals surface area contributed by atoms with Crippen molar-refractivity contribution in [3.63, 3.8) is 0 Å². The van der Waals surface area contributed by atoms with Crippen molar-refractivity contribution < 1.29 is 0 Å². The first-order valence-corrected chi connectivity index (χ1v) is 8.14. The van der Waals surface area contributed by atoms with Crippen LogP contribution in [0.3, 0.4) is 0 Å². The van der Waals surface area contributed by atoms with Gasteiger partial charge in [0.25, 0.3) is 0 Å². The summed E-state index contributed by atoms with van der Waals surface area (Å²) in [6.45, 7) is 2.18. The average Bonchev–Trinajstić information content (AvgIpc) is 3.09. The van der Waals surface area contributed by atoms with Gasteiger partial charge in [-0.3, -0.25) is 0 Å². The Bertz CT molecular complexity index is 688. The van der Waals surface area contributed by atoms with Crippen LogP contribution in [0.15, 0.2) is 64.7 Å². The maximum Gasteiger partial charge on any atom is 0.0589 e. The van der Waals surface area contributed by atoms with E-state index < -0.39 is 0 Å². The molecule has 0 saturated carbocycles. The third-order valence-electron chi connectivity index (χ3n) is 3.17. The summed E-state index contributed by atoms with van der Waals surface area (Å²) in [7, 11) is 0. The molecule has 0 radical (unpaired) electrons. The monoisotopic (exact) mass is 346 g/mol. The zero-order valence-electron chi connectivity index (χ0n) is 11.1. The van der Waals surface area contributed by atoms with Crippen molar-refractivity contribution in [2.45, 2.75) is 13.0 Å². The minimum absolute atomic E-state index is 0.282. The molecule has 1 atom stereocenters. The molecule has 0 aliphatic carbocycles. The first-order chi connectivity index (χ1) is 9.74. The van der Waals surface area contributed by atoms with Crippen molar-refractivity contribution in [3.8, 4) is 5.69 Å². The largest absolute Gasteiger partial charge is 0.378 e.